The van der Waals surface area contributed by atoms with Crippen LogP contribution in [-0.4, -0.2) is 40.4 Å². The van der Waals surface area contributed by atoms with Gasteiger partial charge in [-0.15, -0.1) is 0 Å². The number of aromatic nitrogens is 3. The summed E-state index contributed by atoms with van der Waals surface area (Å²) in [6, 6.07) is 7.14. The third-order valence-corrected chi connectivity index (χ3v) is 5.38. The number of carbonyl (C=O) groups excluding carboxylic acids is 1. The maximum Gasteiger partial charge on any atom is 0.418 e. The van der Waals surface area contributed by atoms with Crippen molar-refractivity contribution in [1.29, 1.82) is 0 Å². The summed E-state index contributed by atoms with van der Waals surface area (Å²) in [7, 11) is 0. The van der Waals surface area contributed by atoms with Crippen molar-refractivity contribution >= 4 is 28.3 Å². The zero-order valence-corrected chi connectivity index (χ0v) is 16.2. The zero-order valence-electron chi connectivity index (χ0n) is 16.2. The van der Waals surface area contributed by atoms with E-state index in [0.29, 0.717) is 13.0 Å². The lowest BCUT2D eigenvalue weighted by Gasteiger charge is -2.33. The summed E-state index contributed by atoms with van der Waals surface area (Å²) in [4.78, 5) is 26.3. The number of piperidine rings is 1. The quantitative estimate of drug-likeness (QED) is 0.627. The minimum atomic E-state index is -4.46. The molecule has 1 saturated heterocycles. The molecule has 0 spiro atoms. The Hall–Kier alpha value is -3.10. The van der Waals surface area contributed by atoms with E-state index in [4.69, 9.17) is 0 Å². The minimum Gasteiger partial charge on any atom is -0.377 e. The number of para-hydroxylation sites is 1. The van der Waals surface area contributed by atoms with E-state index < -0.39 is 11.7 Å². The number of aromatic amines is 1. The predicted molar refractivity (Wildman–Crippen MR) is 108 cm³/mol. The van der Waals surface area contributed by atoms with Gasteiger partial charge in [-0.1, -0.05) is 12.1 Å². The first-order valence-corrected chi connectivity index (χ1v) is 9.86. The van der Waals surface area contributed by atoms with Gasteiger partial charge in [-0.05, 0) is 37.0 Å². The van der Waals surface area contributed by atoms with Crippen LogP contribution in [0.5, 0.6) is 0 Å². The maximum absolute atomic E-state index is 13.1. The van der Waals surface area contributed by atoms with Crippen molar-refractivity contribution in [3.8, 4) is 0 Å². The highest BCUT2D eigenvalue weighted by molar-refractivity contribution is 5.87. The Morgan fingerprint density at radius 3 is 2.90 bits per heavy atom. The predicted octanol–water partition coefficient (Wildman–Crippen LogP) is 4.26. The van der Waals surface area contributed by atoms with Gasteiger partial charge in [0.15, 0.2) is 5.78 Å². The lowest BCUT2D eigenvalue weighted by molar-refractivity contribution is -0.137. The molecule has 6 nitrogen and oxygen atoms in total. The average Bonchev–Trinajstić information content (AvgIpc) is 3.21. The Labute approximate surface area is 171 Å². The molecule has 3 heterocycles. The fraction of sp³-hybridized carbons (Fsp3) is 0.381. The third kappa shape index (κ3) is 4.39. The number of hydrogen-bond donors (Lipinski definition) is 2. The number of anilines is 2. The van der Waals surface area contributed by atoms with Crippen LogP contribution in [0.15, 0.2) is 42.9 Å². The molecule has 1 fully saturated rings. The van der Waals surface area contributed by atoms with E-state index in [-0.39, 0.29) is 23.9 Å². The fourth-order valence-electron chi connectivity index (χ4n) is 4.01. The molecular weight excluding hydrogens is 395 g/mol. The number of hydrogen-bond acceptors (Lipinski definition) is 5. The van der Waals surface area contributed by atoms with Crippen LogP contribution in [0.1, 0.15) is 24.8 Å². The molecule has 3 aromatic rings. The first kappa shape index (κ1) is 20.2. The van der Waals surface area contributed by atoms with Gasteiger partial charge in [0.2, 0.25) is 0 Å². The molecule has 0 bridgehead atoms. The lowest BCUT2D eigenvalue weighted by Crippen LogP contribution is -2.37. The molecule has 2 N–H and O–H groups in total. The Morgan fingerprint density at radius 1 is 1.23 bits per heavy atom. The average molecular weight is 417 g/mol. The van der Waals surface area contributed by atoms with Gasteiger partial charge in [0.25, 0.3) is 0 Å². The topological polar surface area (TPSA) is 73.9 Å². The molecule has 158 valence electrons. The summed E-state index contributed by atoms with van der Waals surface area (Å²) in [5.41, 5.74) is -0.0638. The van der Waals surface area contributed by atoms with E-state index in [9.17, 15) is 18.0 Å². The molecule has 0 radical (unpaired) electrons. The van der Waals surface area contributed by atoms with Crippen LogP contribution in [0.3, 0.4) is 0 Å². The van der Waals surface area contributed by atoms with Crippen molar-refractivity contribution in [3.05, 3.63) is 48.4 Å². The van der Waals surface area contributed by atoms with E-state index >= 15 is 0 Å². The Bertz CT molecular complexity index is 1030. The van der Waals surface area contributed by atoms with Crippen molar-refractivity contribution in [2.24, 2.45) is 5.92 Å². The number of rotatable bonds is 6. The summed E-state index contributed by atoms with van der Waals surface area (Å²) in [5.74, 6) is 0.874. The molecule has 0 unspecified atom stereocenters. The smallest absolute Gasteiger partial charge is 0.377 e. The lowest BCUT2D eigenvalue weighted by atomic mass is 9.92. The molecule has 1 atom stereocenters. The van der Waals surface area contributed by atoms with Gasteiger partial charge < -0.3 is 15.2 Å². The molecule has 9 heteroatoms. The van der Waals surface area contributed by atoms with E-state index in [0.717, 1.165) is 42.3 Å². The van der Waals surface area contributed by atoms with E-state index in [1.165, 1.54) is 24.5 Å². The van der Waals surface area contributed by atoms with Crippen LogP contribution in [0, 0.1) is 5.92 Å². The monoisotopic (exact) mass is 417 g/mol. The van der Waals surface area contributed by atoms with Crippen LogP contribution in [-0.2, 0) is 11.0 Å². The first-order valence-electron chi connectivity index (χ1n) is 9.86. The molecule has 4 rings (SSSR count). The standard InChI is InChI=1S/C21H22F3N5O/c22-21(23,24)17-5-1-2-6-18(17)26-11-15(30)10-14-4-3-9-29(12-14)20-16-7-8-25-19(16)27-13-28-20/h1-2,5-8,13-14,26H,3-4,9-12H2,(H,25,27,28)/t14-/m0/s1. The normalized spacial score (nSPS) is 17.3. The first-order chi connectivity index (χ1) is 14.4. The highest BCUT2D eigenvalue weighted by atomic mass is 19.4. The van der Waals surface area contributed by atoms with Crippen LogP contribution in [0.2, 0.25) is 0 Å². The Kier molecular flexibility index (Phi) is 5.61. The van der Waals surface area contributed by atoms with Gasteiger partial charge >= 0.3 is 6.18 Å². The van der Waals surface area contributed by atoms with Crippen LogP contribution in [0.25, 0.3) is 11.0 Å². The van der Waals surface area contributed by atoms with Gasteiger partial charge in [0.05, 0.1) is 17.5 Å². The molecular formula is C21H22F3N5O. The Morgan fingerprint density at radius 2 is 2.07 bits per heavy atom. The van der Waals surface area contributed by atoms with Gasteiger partial charge in [-0.25, -0.2) is 9.97 Å². The number of fused-ring (bicyclic) bond motifs is 1. The van der Waals surface area contributed by atoms with Crippen molar-refractivity contribution in [1.82, 2.24) is 15.0 Å². The molecule has 0 saturated carbocycles. The number of carbonyl (C=O) groups is 1. The van der Waals surface area contributed by atoms with Gasteiger partial charge in [-0.3, -0.25) is 4.79 Å². The number of nitrogens with zero attached hydrogens (tertiary/aromatic N) is 3. The second-order valence-corrected chi connectivity index (χ2v) is 7.53. The molecule has 1 aliphatic heterocycles. The number of ketones is 1. The second kappa shape index (κ2) is 8.33. The number of H-pyrrole nitrogens is 1. The van der Waals surface area contributed by atoms with E-state index in [1.54, 1.807) is 0 Å². The van der Waals surface area contributed by atoms with Crippen LogP contribution < -0.4 is 10.2 Å². The van der Waals surface area contributed by atoms with Crippen LogP contribution >= 0.6 is 0 Å². The number of benzene rings is 1. The highest BCUT2D eigenvalue weighted by Gasteiger charge is 2.33. The third-order valence-electron chi connectivity index (χ3n) is 5.38. The van der Waals surface area contributed by atoms with Gasteiger partial charge in [0, 0.05) is 31.4 Å². The maximum atomic E-state index is 13.1. The summed E-state index contributed by atoms with van der Waals surface area (Å²) in [5, 5.41) is 3.60. The summed E-state index contributed by atoms with van der Waals surface area (Å²) >= 11 is 0. The zero-order chi connectivity index (χ0) is 21.1. The minimum absolute atomic E-state index is 0.0699. The van der Waals surface area contributed by atoms with Crippen LogP contribution in [0.4, 0.5) is 24.7 Å². The Balaban J connectivity index is 1.37. The molecule has 2 aromatic heterocycles. The SMILES string of the molecule is O=C(CNc1ccccc1C(F)(F)F)C[C@@H]1CCCN(c2ncnc3[nH]ccc23)C1. The summed E-state index contributed by atoms with van der Waals surface area (Å²) < 4.78 is 39.3. The molecule has 0 amide bonds. The highest BCUT2D eigenvalue weighted by Crippen LogP contribution is 2.34. The number of Topliss-reactive ketones (excluding diaryl/α,β-unsaturated/α-hetero) is 1. The largest absolute Gasteiger partial charge is 0.418 e. The number of halogens is 3. The van der Waals surface area contributed by atoms with Crippen molar-refractivity contribution in [3.63, 3.8) is 0 Å². The fourth-order valence-corrected chi connectivity index (χ4v) is 4.01. The van der Waals surface area contributed by atoms with Crippen molar-refractivity contribution in [2.75, 3.05) is 29.9 Å². The summed E-state index contributed by atoms with van der Waals surface area (Å²) in [6.07, 6.45) is 1.03. The van der Waals surface area contributed by atoms with E-state index in [2.05, 4.69) is 25.2 Å². The molecule has 30 heavy (non-hydrogen) atoms. The van der Waals surface area contributed by atoms with Gasteiger partial charge in [0.1, 0.15) is 17.8 Å². The molecule has 1 aliphatic rings. The molecule has 1 aromatic carbocycles. The van der Waals surface area contributed by atoms with Crippen molar-refractivity contribution < 1.29 is 18.0 Å². The second-order valence-electron chi connectivity index (χ2n) is 7.53. The number of alkyl halides is 3. The number of nitrogens with one attached hydrogen (secondary N) is 2. The molecule has 0 aliphatic carbocycles. The van der Waals surface area contributed by atoms with Gasteiger partial charge in [-0.2, -0.15) is 13.2 Å². The van der Waals surface area contributed by atoms with E-state index in [1.807, 2.05) is 12.3 Å². The summed E-state index contributed by atoms with van der Waals surface area (Å²) in [6.45, 7) is 1.40. The van der Waals surface area contributed by atoms with Crippen molar-refractivity contribution in [2.45, 2.75) is 25.4 Å².